The second-order valence-corrected chi connectivity index (χ2v) is 8.36. The van der Waals surface area contributed by atoms with Crippen LogP contribution in [0.3, 0.4) is 0 Å². The van der Waals surface area contributed by atoms with Crippen LogP contribution >= 0.6 is 0 Å². The first kappa shape index (κ1) is 15.3. The number of nitrogens with zero attached hydrogens (tertiary/aromatic N) is 1. The average Bonchev–Trinajstić information content (AvgIpc) is 2.62. The summed E-state index contributed by atoms with van der Waals surface area (Å²) in [4.78, 5) is 27.2. The molecule has 0 spiro atoms. The Morgan fingerprint density at radius 2 is 1.45 bits per heavy atom. The Labute approximate surface area is 122 Å². The fourth-order valence-electron chi connectivity index (χ4n) is 3.77. The summed E-state index contributed by atoms with van der Waals surface area (Å²) in [6, 6.07) is -0.234. The monoisotopic (exact) mass is 280 g/mol. The minimum Gasteiger partial charge on any atom is -0.340 e. The summed E-state index contributed by atoms with van der Waals surface area (Å²) in [7, 11) is 0. The van der Waals surface area contributed by atoms with E-state index in [1.54, 1.807) is 13.8 Å². The molecule has 0 radical (unpaired) electrons. The third-order valence-electron chi connectivity index (χ3n) is 5.63. The highest BCUT2D eigenvalue weighted by atomic mass is 16.2. The molecule has 1 saturated carbocycles. The summed E-state index contributed by atoms with van der Waals surface area (Å²) in [5.41, 5.74) is -0.718. The molecule has 1 atom stereocenters. The van der Waals surface area contributed by atoms with Crippen molar-refractivity contribution in [3.05, 3.63) is 0 Å². The summed E-state index contributed by atoms with van der Waals surface area (Å²) < 4.78 is 0. The number of nitrogens with one attached hydrogen (secondary N) is 1. The number of carbonyl (C=O) groups is 2. The molecule has 1 unspecified atom stereocenters. The van der Waals surface area contributed by atoms with E-state index in [0.717, 1.165) is 0 Å². The van der Waals surface area contributed by atoms with Crippen LogP contribution in [0.4, 0.5) is 0 Å². The van der Waals surface area contributed by atoms with Crippen LogP contribution in [0.2, 0.25) is 0 Å². The Balaban J connectivity index is 2.45. The maximum absolute atomic E-state index is 12.9. The Morgan fingerprint density at radius 1 is 1.00 bits per heavy atom. The van der Waals surface area contributed by atoms with E-state index in [1.807, 2.05) is 18.7 Å². The highest BCUT2D eigenvalue weighted by molar-refractivity contribution is 6.00. The van der Waals surface area contributed by atoms with Crippen molar-refractivity contribution in [3.8, 4) is 0 Å². The number of hydrogen-bond donors (Lipinski definition) is 1. The van der Waals surface area contributed by atoms with Crippen LogP contribution in [0, 0.1) is 16.7 Å². The Bertz CT molecular complexity index is 449. The number of piperazine rings is 1. The SMILES string of the molecule is CC(C)C1C(=O)NC(C)(C)C(=O)N1C1C(C)(C)C1(C)C. The zero-order valence-electron chi connectivity index (χ0n) is 14.0. The number of amides is 2. The van der Waals surface area contributed by atoms with E-state index in [1.165, 1.54) is 0 Å². The Hall–Kier alpha value is -1.06. The second kappa shape index (κ2) is 3.99. The van der Waals surface area contributed by atoms with E-state index in [9.17, 15) is 9.59 Å². The van der Waals surface area contributed by atoms with Crippen molar-refractivity contribution in [2.24, 2.45) is 16.7 Å². The Kier molecular flexibility index (Phi) is 3.06. The molecule has 2 fully saturated rings. The molecule has 1 heterocycles. The lowest BCUT2D eigenvalue weighted by Crippen LogP contribution is -2.70. The third kappa shape index (κ3) is 1.80. The van der Waals surface area contributed by atoms with Crippen molar-refractivity contribution in [1.82, 2.24) is 10.2 Å². The third-order valence-corrected chi connectivity index (χ3v) is 5.63. The van der Waals surface area contributed by atoms with Crippen LogP contribution in [0.5, 0.6) is 0 Å². The molecule has 0 aromatic carbocycles. The van der Waals surface area contributed by atoms with Gasteiger partial charge in [-0.3, -0.25) is 9.59 Å². The lowest BCUT2D eigenvalue weighted by Gasteiger charge is -2.45. The van der Waals surface area contributed by atoms with Gasteiger partial charge in [-0.15, -0.1) is 0 Å². The van der Waals surface area contributed by atoms with Crippen LogP contribution in [0.25, 0.3) is 0 Å². The summed E-state index contributed by atoms with van der Waals surface area (Å²) in [5, 5.41) is 2.87. The summed E-state index contributed by atoms with van der Waals surface area (Å²) in [5.74, 6) is 0.129. The van der Waals surface area contributed by atoms with Crippen molar-refractivity contribution in [2.75, 3.05) is 0 Å². The quantitative estimate of drug-likeness (QED) is 0.843. The predicted molar refractivity (Wildman–Crippen MR) is 79.0 cm³/mol. The molecule has 2 rings (SSSR count). The fourth-order valence-corrected chi connectivity index (χ4v) is 3.77. The molecule has 1 saturated heterocycles. The summed E-state index contributed by atoms with van der Waals surface area (Å²) in [6.45, 7) is 16.3. The second-order valence-electron chi connectivity index (χ2n) is 8.36. The molecule has 114 valence electrons. The van der Waals surface area contributed by atoms with Gasteiger partial charge in [0, 0.05) is 6.04 Å². The van der Waals surface area contributed by atoms with Gasteiger partial charge in [-0.25, -0.2) is 0 Å². The first-order valence-electron chi connectivity index (χ1n) is 7.50. The molecule has 0 aromatic heterocycles. The maximum atomic E-state index is 12.9. The van der Waals surface area contributed by atoms with Gasteiger partial charge in [-0.05, 0) is 30.6 Å². The molecule has 0 aromatic rings. The average molecular weight is 280 g/mol. The van der Waals surface area contributed by atoms with E-state index in [0.29, 0.717) is 0 Å². The van der Waals surface area contributed by atoms with Crippen LogP contribution in [0.1, 0.15) is 55.4 Å². The van der Waals surface area contributed by atoms with Crippen LogP contribution < -0.4 is 5.32 Å². The molecule has 4 heteroatoms. The number of hydrogen-bond acceptors (Lipinski definition) is 2. The lowest BCUT2D eigenvalue weighted by atomic mass is 9.90. The van der Waals surface area contributed by atoms with Gasteiger partial charge in [-0.2, -0.15) is 0 Å². The van der Waals surface area contributed by atoms with E-state index in [2.05, 4.69) is 33.0 Å². The van der Waals surface area contributed by atoms with Crippen molar-refractivity contribution in [3.63, 3.8) is 0 Å². The largest absolute Gasteiger partial charge is 0.340 e. The van der Waals surface area contributed by atoms with Gasteiger partial charge in [0.1, 0.15) is 11.6 Å². The summed E-state index contributed by atoms with van der Waals surface area (Å²) >= 11 is 0. The highest BCUT2D eigenvalue weighted by Gasteiger charge is 2.71. The van der Waals surface area contributed by atoms with Gasteiger partial charge >= 0.3 is 0 Å². The van der Waals surface area contributed by atoms with Crippen molar-refractivity contribution in [1.29, 1.82) is 0 Å². The van der Waals surface area contributed by atoms with E-state index >= 15 is 0 Å². The predicted octanol–water partition coefficient (Wildman–Crippen LogP) is 2.18. The standard InChI is InChI=1S/C16H28N2O2/c1-9(2)10-11(19)17-16(7,8)13(20)18(10)12-14(3,4)15(12,5)6/h9-10,12H,1-8H3,(H,17,19). The first-order chi connectivity index (χ1) is 8.85. The van der Waals surface area contributed by atoms with Gasteiger partial charge in [0.15, 0.2) is 0 Å². The molecule has 20 heavy (non-hydrogen) atoms. The zero-order valence-corrected chi connectivity index (χ0v) is 14.0. The smallest absolute Gasteiger partial charge is 0.248 e. The first-order valence-corrected chi connectivity index (χ1v) is 7.50. The molecule has 0 bridgehead atoms. The van der Waals surface area contributed by atoms with Crippen molar-refractivity contribution < 1.29 is 9.59 Å². The van der Waals surface area contributed by atoms with Gasteiger partial charge in [-0.1, -0.05) is 41.5 Å². The normalized spacial score (nSPS) is 31.4. The Morgan fingerprint density at radius 3 is 1.80 bits per heavy atom. The van der Waals surface area contributed by atoms with Crippen LogP contribution in [0.15, 0.2) is 0 Å². The van der Waals surface area contributed by atoms with E-state index in [-0.39, 0.29) is 40.6 Å². The van der Waals surface area contributed by atoms with Gasteiger partial charge in [0.25, 0.3) is 0 Å². The lowest BCUT2D eigenvalue weighted by molar-refractivity contribution is -0.157. The minimum atomic E-state index is -0.808. The van der Waals surface area contributed by atoms with Gasteiger partial charge in [0.2, 0.25) is 11.8 Å². The molecule has 4 nitrogen and oxygen atoms in total. The van der Waals surface area contributed by atoms with Gasteiger partial charge in [0.05, 0.1) is 0 Å². The topological polar surface area (TPSA) is 49.4 Å². The van der Waals surface area contributed by atoms with E-state index < -0.39 is 5.54 Å². The summed E-state index contributed by atoms with van der Waals surface area (Å²) in [6.07, 6.45) is 0. The minimum absolute atomic E-state index is 0.0249. The molecule has 1 N–H and O–H groups in total. The van der Waals surface area contributed by atoms with E-state index in [4.69, 9.17) is 0 Å². The molecular weight excluding hydrogens is 252 g/mol. The van der Waals surface area contributed by atoms with Crippen LogP contribution in [-0.2, 0) is 9.59 Å². The zero-order chi connectivity index (χ0) is 15.7. The molecule has 2 aliphatic rings. The highest BCUT2D eigenvalue weighted by Crippen LogP contribution is 2.66. The van der Waals surface area contributed by atoms with Gasteiger partial charge < -0.3 is 10.2 Å². The number of rotatable bonds is 2. The molecule has 1 aliphatic carbocycles. The van der Waals surface area contributed by atoms with Crippen molar-refractivity contribution in [2.45, 2.75) is 73.0 Å². The molecular formula is C16H28N2O2. The molecule has 2 amide bonds. The van der Waals surface area contributed by atoms with Crippen molar-refractivity contribution >= 4 is 11.8 Å². The van der Waals surface area contributed by atoms with Crippen LogP contribution in [-0.4, -0.2) is 34.3 Å². The fraction of sp³-hybridized carbons (Fsp3) is 0.875. The maximum Gasteiger partial charge on any atom is 0.248 e. The number of carbonyl (C=O) groups excluding carboxylic acids is 2. The molecule has 1 aliphatic heterocycles.